The first-order valence-electron chi connectivity index (χ1n) is 8.32. The first-order chi connectivity index (χ1) is 11.6. The predicted molar refractivity (Wildman–Crippen MR) is 88.2 cm³/mol. The summed E-state index contributed by atoms with van der Waals surface area (Å²) in [4.78, 5) is 40.0. The van der Waals surface area contributed by atoms with Crippen LogP contribution in [-0.2, 0) is 19.1 Å². The Hall–Kier alpha value is -2.37. The number of amides is 2. The van der Waals surface area contributed by atoms with Crippen molar-refractivity contribution in [1.82, 2.24) is 4.90 Å². The molecule has 2 amide bonds. The van der Waals surface area contributed by atoms with Crippen LogP contribution in [0.2, 0.25) is 0 Å². The summed E-state index contributed by atoms with van der Waals surface area (Å²) in [5.41, 5.74) is 0.835. The van der Waals surface area contributed by atoms with E-state index in [4.69, 9.17) is 4.74 Å². The van der Waals surface area contributed by atoms with Crippen LogP contribution in [0.3, 0.4) is 0 Å². The fraction of sp³-hybridized carbons (Fsp3) is 0.500. The number of methoxy groups -OCH3 is 1. The van der Waals surface area contributed by atoms with Crippen LogP contribution in [0.5, 0.6) is 0 Å². The number of anilines is 1. The monoisotopic (exact) mass is 330 g/mol. The summed E-state index contributed by atoms with van der Waals surface area (Å²) in [5, 5.41) is 0. The average molecular weight is 330 g/mol. The number of esters is 1. The Kier molecular flexibility index (Phi) is 4.83. The lowest BCUT2D eigenvalue weighted by molar-refractivity contribution is -0.149. The van der Waals surface area contributed by atoms with E-state index in [1.54, 1.807) is 9.80 Å². The third-order valence-corrected chi connectivity index (χ3v) is 4.88. The minimum absolute atomic E-state index is 0.0102. The van der Waals surface area contributed by atoms with Crippen LogP contribution in [0.4, 0.5) is 5.69 Å². The van der Waals surface area contributed by atoms with Crippen molar-refractivity contribution in [2.45, 2.75) is 19.3 Å². The SMILES string of the molecule is COC(=O)C1CCN(C(=O)[C@H]2CC(=O)N(c3ccccc3)C2)CC1. The molecular weight excluding hydrogens is 308 g/mol. The molecule has 0 saturated carbocycles. The van der Waals surface area contributed by atoms with Gasteiger partial charge >= 0.3 is 5.97 Å². The molecule has 0 aliphatic carbocycles. The summed E-state index contributed by atoms with van der Waals surface area (Å²) in [6.07, 6.45) is 1.51. The van der Waals surface area contributed by atoms with E-state index in [2.05, 4.69) is 0 Å². The second-order valence-electron chi connectivity index (χ2n) is 6.36. The summed E-state index contributed by atoms with van der Waals surface area (Å²) in [7, 11) is 1.39. The zero-order valence-corrected chi connectivity index (χ0v) is 13.8. The van der Waals surface area contributed by atoms with Gasteiger partial charge in [0, 0.05) is 31.7 Å². The molecule has 0 radical (unpaired) electrons. The molecule has 6 heteroatoms. The molecule has 6 nitrogen and oxygen atoms in total. The molecule has 0 aromatic heterocycles. The highest BCUT2D eigenvalue weighted by molar-refractivity contribution is 6.00. The molecule has 2 heterocycles. The van der Waals surface area contributed by atoms with Crippen molar-refractivity contribution in [3.05, 3.63) is 30.3 Å². The van der Waals surface area contributed by atoms with Crippen LogP contribution >= 0.6 is 0 Å². The van der Waals surface area contributed by atoms with Gasteiger partial charge in [0.25, 0.3) is 0 Å². The molecule has 0 spiro atoms. The maximum absolute atomic E-state index is 12.7. The molecule has 128 valence electrons. The Morgan fingerprint density at radius 3 is 2.38 bits per heavy atom. The van der Waals surface area contributed by atoms with Crippen molar-refractivity contribution >= 4 is 23.5 Å². The van der Waals surface area contributed by atoms with Gasteiger partial charge in [-0.1, -0.05) is 18.2 Å². The second-order valence-corrected chi connectivity index (χ2v) is 6.36. The number of likely N-dealkylation sites (tertiary alicyclic amines) is 1. The van der Waals surface area contributed by atoms with Gasteiger partial charge < -0.3 is 14.5 Å². The van der Waals surface area contributed by atoms with Gasteiger partial charge in [0.05, 0.1) is 18.9 Å². The topological polar surface area (TPSA) is 66.9 Å². The van der Waals surface area contributed by atoms with Crippen molar-refractivity contribution in [3.8, 4) is 0 Å². The van der Waals surface area contributed by atoms with Gasteiger partial charge in [0.15, 0.2) is 0 Å². The van der Waals surface area contributed by atoms with Crippen LogP contribution in [0, 0.1) is 11.8 Å². The molecule has 24 heavy (non-hydrogen) atoms. The van der Waals surface area contributed by atoms with Gasteiger partial charge in [0.1, 0.15) is 0 Å². The van der Waals surface area contributed by atoms with Gasteiger partial charge in [-0.15, -0.1) is 0 Å². The average Bonchev–Trinajstić information content (AvgIpc) is 3.03. The Morgan fingerprint density at radius 1 is 1.08 bits per heavy atom. The van der Waals surface area contributed by atoms with E-state index < -0.39 is 0 Å². The quantitative estimate of drug-likeness (QED) is 0.787. The maximum atomic E-state index is 12.7. The maximum Gasteiger partial charge on any atom is 0.308 e. The van der Waals surface area contributed by atoms with Crippen LogP contribution < -0.4 is 4.90 Å². The molecule has 1 aromatic carbocycles. The smallest absolute Gasteiger partial charge is 0.308 e. The molecule has 3 rings (SSSR count). The van der Waals surface area contributed by atoms with E-state index in [1.165, 1.54) is 7.11 Å². The first kappa shape index (κ1) is 16.5. The molecule has 0 unspecified atom stereocenters. The molecule has 1 aromatic rings. The van der Waals surface area contributed by atoms with E-state index in [0.717, 1.165) is 5.69 Å². The Bertz CT molecular complexity index is 623. The number of benzene rings is 1. The van der Waals surface area contributed by atoms with Gasteiger partial charge in [-0.2, -0.15) is 0 Å². The first-order valence-corrected chi connectivity index (χ1v) is 8.32. The highest BCUT2D eigenvalue weighted by Crippen LogP contribution is 2.28. The number of piperidine rings is 1. The van der Waals surface area contributed by atoms with Gasteiger partial charge in [-0.3, -0.25) is 14.4 Å². The largest absolute Gasteiger partial charge is 0.469 e. The second kappa shape index (κ2) is 7.03. The molecule has 2 aliphatic heterocycles. The standard InChI is InChI=1S/C18H22N2O4/c1-24-18(23)13-7-9-19(10-8-13)17(22)14-11-16(21)20(12-14)15-5-3-2-4-6-15/h2-6,13-14H,7-12H2,1H3/t14-/m0/s1. The van der Waals surface area contributed by atoms with Crippen molar-refractivity contribution in [3.63, 3.8) is 0 Å². The van der Waals surface area contributed by atoms with Crippen LogP contribution in [0.1, 0.15) is 19.3 Å². The fourth-order valence-electron chi connectivity index (χ4n) is 3.49. The predicted octanol–water partition coefficient (Wildman–Crippen LogP) is 1.45. The van der Waals surface area contributed by atoms with Crippen LogP contribution in [0.15, 0.2) is 30.3 Å². The number of carbonyl (C=O) groups excluding carboxylic acids is 3. The normalized spacial score (nSPS) is 21.9. The van der Waals surface area contributed by atoms with Gasteiger partial charge in [-0.05, 0) is 25.0 Å². The number of ether oxygens (including phenoxy) is 1. The number of hydrogen-bond donors (Lipinski definition) is 0. The molecule has 2 fully saturated rings. The molecule has 2 saturated heterocycles. The number of nitrogens with zero attached hydrogens (tertiary/aromatic N) is 2. The summed E-state index contributed by atoms with van der Waals surface area (Å²) in [6, 6.07) is 9.43. The van der Waals surface area contributed by atoms with E-state index in [1.807, 2.05) is 30.3 Å². The highest BCUT2D eigenvalue weighted by Gasteiger charge is 2.38. The van der Waals surface area contributed by atoms with Gasteiger partial charge in [0.2, 0.25) is 11.8 Å². The van der Waals surface area contributed by atoms with Crippen molar-refractivity contribution in [1.29, 1.82) is 0 Å². The number of para-hydroxylation sites is 1. The minimum Gasteiger partial charge on any atom is -0.469 e. The zero-order chi connectivity index (χ0) is 17.1. The molecule has 2 aliphatic rings. The summed E-state index contributed by atoms with van der Waals surface area (Å²) < 4.78 is 4.77. The lowest BCUT2D eigenvalue weighted by Gasteiger charge is -2.32. The van der Waals surface area contributed by atoms with Crippen LogP contribution in [0.25, 0.3) is 0 Å². The summed E-state index contributed by atoms with van der Waals surface area (Å²) >= 11 is 0. The number of hydrogen-bond acceptors (Lipinski definition) is 4. The highest BCUT2D eigenvalue weighted by atomic mass is 16.5. The van der Waals surface area contributed by atoms with E-state index in [-0.39, 0.29) is 36.0 Å². The molecule has 1 atom stereocenters. The van der Waals surface area contributed by atoms with E-state index >= 15 is 0 Å². The van der Waals surface area contributed by atoms with Crippen molar-refractivity contribution in [2.75, 3.05) is 31.6 Å². The van der Waals surface area contributed by atoms with Gasteiger partial charge in [-0.25, -0.2) is 0 Å². The van der Waals surface area contributed by atoms with E-state index in [9.17, 15) is 14.4 Å². The van der Waals surface area contributed by atoms with E-state index in [0.29, 0.717) is 32.5 Å². The van der Waals surface area contributed by atoms with Crippen molar-refractivity contribution in [2.24, 2.45) is 11.8 Å². The molecular formula is C18H22N2O4. The summed E-state index contributed by atoms with van der Waals surface area (Å²) in [5.74, 6) is -0.611. The van der Waals surface area contributed by atoms with Crippen LogP contribution in [-0.4, -0.2) is 49.4 Å². The zero-order valence-electron chi connectivity index (χ0n) is 13.8. The van der Waals surface area contributed by atoms with Crippen molar-refractivity contribution < 1.29 is 19.1 Å². The molecule has 0 bridgehead atoms. The fourth-order valence-corrected chi connectivity index (χ4v) is 3.49. The Labute approximate surface area is 141 Å². The number of rotatable bonds is 3. The lowest BCUT2D eigenvalue weighted by atomic mass is 9.95. The Balaban J connectivity index is 1.59. The lowest BCUT2D eigenvalue weighted by Crippen LogP contribution is -2.43. The molecule has 0 N–H and O–H groups in total. The third kappa shape index (κ3) is 3.27. The summed E-state index contributed by atoms with van der Waals surface area (Å²) in [6.45, 7) is 1.53. The minimum atomic E-state index is -0.299. The number of carbonyl (C=O) groups is 3. The third-order valence-electron chi connectivity index (χ3n) is 4.88. The Morgan fingerprint density at radius 2 is 1.75 bits per heavy atom.